The maximum Gasteiger partial charge on any atom is 0.0763 e. The summed E-state index contributed by atoms with van der Waals surface area (Å²) in [7, 11) is 0. The van der Waals surface area contributed by atoms with Crippen molar-refractivity contribution in [1.29, 1.82) is 0 Å². The van der Waals surface area contributed by atoms with Crippen LogP contribution in [0.3, 0.4) is 0 Å². The van der Waals surface area contributed by atoms with E-state index in [0.29, 0.717) is 12.5 Å². The predicted octanol–water partition coefficient (Wildman–Crippen LogP) is 2.99. The molecule has 0 spiro atoms. The van der Waals surface area contributed by atoms with Gasteiger partial charge in [-0.15, -0.1) is 0 Å². The summed E-state index contributed by atoms with van der Waals surface area (Å²) in [4.78, 5) is 0. The first-order chi connectivity index (χ1) is 6.88. The van der Waals surface area contributed by atoms with Crippen molar-refractivity contribution in [2.24, 2.45) is 0 Å². The van der Waals surface area contributed by atoms with Gasteiger partial charge in [-0.1, -0.05) is 26.0 Å². The van der Waals surface area contributed by atoms with E-state index in [9.17, 15) is 5.11 Å². The van der Waals surface area contributed by atoms with Crippen molar-refractivity contribution < 1.29 is 5.11 Å². The molecule has 0 aliphatic heterocycles. The first-order valence-corrected chi connectivity index (χ1v) is 5.45. The molecule has 0 bridgehead atoms. The number of nitrogens with one attached hydrogen (secondary N) is 1. The summed E-state index contributed by atoms with van der Waals surface area (Å²) in [5.41, 5.74) is 1.72. The van der Waals surface area contributed by atoms with Gasteiger partial charge in [0.25, 0.3) is 0 Å². The molecule has 0 saturated heterocycles. The van der Waals surface area contributed by atoms with Gasteiger partial charge in [-0.2, -0.15) is 0 Å². The minimum Gasteiger partial charge on any atom is -0.389 e. The molecule has 0 aliphatic rings. The van der Waals surface area contributed by atoms with Gasteiger partial charge in [0, 0.05) is 12.2 Å². The van der Waals surface area contributed by atoms with Crippen molar-refractivity contribution >= 4 is 5.69 Å². The van der Waals surface area contributed by atoms with Crippen LogP contribution >= 0.6 is 0 Å². The van der Waals surface area contributed by atoms with Crippen molar-refractivity contribution in [2.45, 2.75) is 39.2 Å². The number of anilines is 1. The fourth-order valence-electron chi connectivity index (χ4n) is 1.33. The Morgan fingerprint density at radius 1 is 1.33 bits per heavy atom. The molecule has 0 unspecified atom stereocenters. The van der Waals surface area contributed by atoms with E-state index in [2.05, 4.69) is 31.3 Å². The minimum absolute atomic E-state index is 0.536. The first-order valence-electron chi connectivity index (χ1n) is 5.45. The van der Waals surface area contributed by atoms with Crippen LogP contribution in [0.4, 0.5) is 5.69 Å². The van der Waals surface area contributed by atoms with Crippen LogP contribution < -0.4 is 5.32 Å². The van der Waals surface area contributed by atoms with Crippen LogP contribution in [0.25, 0.3) is 0 Å². The molecule has 84 valence electrons. The van der Waals surface area contributed by atoms with E-state index in [0.717, 1.165) is 5.69 Å². The second-order valence-corrected chi connectivity index (χ2v) is 4.95. The lowest BCUT2D eigenvalue weighted by Gasteiger charge is -2.19. The Balaban J connectivity index is 2.66. The van der Waals surface area contributed by atoms with Gasteiger partial charge in [0.05, 0.1) is 5.60 Å². The van der Waals surface area contributed by atoms with E-state index < -0.39 is 5.60 Å². The number of aliphatic hydroxyl groups is 1. The Bertz CT molecular complexity index is 313. The normalized spacial score (nSPS) is 11.9. The average molecular weight is 207 g/mol. The number of hydrogen-bond acceptors (Lipinski definition) is 2. The maximum atomic E-state index is 9.59. The second kappa shape index (κ2) is 4.67. The fourth-order valence-corrected chi connectivity index (χ4v) is 1.33. The molecular weight excluding hydrogens is 186 g/mol. The standard InChI is InChI=1S/C13H21NO/c1-10(2)11-6-5-7-12(8-11)14-9-13(3,4)15/h5-8,10,14-15H,9H2,1-4H3. The van der Waals surface area contributed by atoms with Gasteiger partial charge in [0.1, 0.15) is 0 Å². The van der Waals surface area contributed by atoms with Gasteiger partial charge in [-0.3, -0.25) is 0 Å². The van der Waals surface area contributed by atoms with Crippen molar-refractivity contribution in [3.05, 3.63) is 29.8 Å². The SMILES string of the molecule is CC(C)c1cccc(NCC(C)(C)O)c1. The Hall–Kier alpha value is -1.02. The summed E-state index contributed by atoms with van der Waals surface area (Å²) in [5.74, 6) is 0.536. The van der Waals surface area contributed by atoms with Gasteiger partial charge in [0.2, 0.25) is 0 Å². The molecule has 15 heavy (non-hydrogen) atoms. The number of benzene rings is 1. The van der Waals surface area contributed by atoms with Crippen LogP contribution in [0.1, 0.15) is 39.2 Å². The van der Waals surface area contributed by atoms with Crippen molar-refractivity contribution in [3.63, 3.8) is 0 Å². The molecule has 0 atom stereocenters. The molecule has 0 heterocycles. The summed E-state index contributed by atoms with van der Waals surface area (Å²) >= 11 is 0. The summed E-state index contributed by atoms with van der Waals surface area (Å²) in [6.07, 6.45) is 0. The fraction of sp³-hybridized carbons (Fsp3) is 0.538. The lowest BCUT2D eigenvalue weighted by Crippen LogP contribution is -2.29. The van der Waals surface area contributed by atoms with E-state index in [-0.39, 0.29) is 0 Å². The lowest BCUT2D eigenvalue weighted by molar-refractivity contribution is 0.0945. The molecule has 0 saturated carbocycles. The molecule has 1 aromatic carbocycles. The highest BCUT2D eigenvalue weighted by molar-refractivity contribution is 5.46. The quantitative estimate of drug-likeness (QED) is 0.795. The van der Waals surface area contributed by atoms with Gasteiger partial charge < -0.3 is 10.4 Å². The maximum absolute atomic E-state index is 9.59. The molecule has 2 nitrogen and oxygen atoms in total. The molecular formula is C13H21NO. The largest absolute Gasteiger partial charge is 0.389 e. The smallest absolute Gasteiger partial charge is 0.0763 e. The zero-order chi connectivity index (χ0) is 11.5. The molecule has 0 aromatic heterocycles. The highest BCUT2D eigenvalue weighted by Crippen LogP contribution is 2.18. The first kappa shape index (κ1) is 12.1. The van der Waals surface area contributed by atoms with Gasteiger partial charge >= 0.3 is 0 Å². The summed E-state index contributed by atoms with van der Waals surface area (Å²) in [5, 5.41) is 12.8. The lowest BCUT2D eigenvalue weighted by atomic mass is 10.0. The van der Waals surface area contributed by atoms with E-state index >= 15 is 0 Å². The summed E-state index contributed by atoms with van der Waals surface area (Å²) < 4.78 is 0. The molecule has 0 aliphatic carbocycles. The molecule has 0 radical (unpaired) electrons. The topological polar surface area (TPSA) is 32.3 Å². The van der Waals surface area contributed by atoms with Crippen LogP contribution in [0.2, 0.25) is 0 Å². The van der Waals surface area contributed by atoms with Crippen LogP contribution in [-0.4, -0.2) is 17.3 Å². The molecule has 2 heteroatoms. The van der Waals surface area contributed by atoms with Gasteiger partial charge in [-0.05, 0) is 37.5 Å². The second-order valence-electron chi connectivity index (χ2n) is 4.95. The van der Waals surface area contributed by atoms with Gasteiger partial charge in [-0.25, -0.2) is 0 Å². The summed E-state index contributed by atoms with van der Waals surface area (Å²) in [6.45, 7) is 8.51. The Morgan fingerprint density at radius 2 is 2.00 bits per heavy atom. The predicted molar refractivity (Wildman–Crippen MR) is 65.3 cm³/mol. The molecule has 0 fully saturated rings. The Kier molecular flexibility index (Phi) is 3.75. The van der Waals surface area contributed by atoms with E-state index in [1.165, 1.54) is 5.56 Å². The van der Waals surface area contributed by atoms with Crippen molar-refractivity contribution in [1.82, 2.24) is 0 Å². The monoisotopic (exact) mass is 207 g/mol. The van der Waals surface area contributed by atoms with Crippen LogP contribution in [0.15, 0.2) is 24.3 Å². The zero-order valence-electron chi connectivity index (χ0n) is 10.0. The molecule has 1 aromatic rings. The number of rotatable bonds is 4. The van der Waals surface area contributed by atoms with E-state index in [1.54, 1.807) is 13.8 Å². The third-order valence-electron chi connectivity index (χ3n) is 2.28. The molecule has 0 amide bonds. The third kappa shape index (κ3) is 4.34. The highest BCUT2D eigenvalue weighted by Gasteiger charge is 2.11. The van der Waals surface area contributed by atoms with Crippen molar-refractivity contribution in [3.8, 4) is 0 Å². The van der Waals surface area contributed by atoms with E-state index in [4.69, 9.17) is 0 Å². The average Bonchev–Trinajstić information content (AvgIpc) is 2.14. The third-order valence-corrected chi connectivity index (χ3v) is 2.28. The summed E-state index contributed by atoms with van der Waals surface area (Å²) in [6, 6.07) is 8.33. The van der Waals surface area contributed by atoms with Gasteiger partial charge in [0.15, 0.2) is 0 Å². The Morgan fingerprint density at radius 3 is 2.53 bits per heavy atom. The highest BCUT2D eigenvalue weighted by atomic mass is 16.3. The molecule has 1 rings (SSSR count). The minimum atomic E-state index is -0.673. The van der Waals surface area contributed by atoms with Crippen molar-refractivity contribution in [2.75, 3.05) is 11.9 Å². The molecule has 2 N–H and O–H groups in total. The zero-order valence-corrected chi connectivity index (χ0v) is 10.0. The van der Waals surface area contributed by atoms with E-state index in [1.807, 2.05) is 12.1 Å². The number of hydrogen-bond donors (Lipinski definition) is 2. The van der Waals surface area contributed by atoms with Crippen LogP contribution in [-0.2, 0) is 0 Å². The Labute approximate surface area is 92.3 Å². The van der Waals surface area contributed by atoms with Crippen LogP contribution in [0.5, 0.6) is 0 Å². The van der Waals surface area contributed by atoms with Crippen LogP contribution in [0, 0.1) is 0 Å².